The summed E-state index contributed by atoms with van der Waals surface area (Å²) < 4.78 is 0. The molecule has 1 aromatic rings. The van der Waals surface area contributed by atoms with E-state index in [1.54, 1.807) is 27.8 Å². The second-order valence-electron chi connectivity index (χ2n) is 5.52. The van der Waals surface area contributed by atoms with Crippen LogP contribution in [0.15, 0.2) is 6.07 Å². The minimum absolute atomic E-state index is 0. The summed E-state index contributed by atoms with van der Waals surface area (Å²) in [4.78, 5) is 0. The summed E-state index contributed by atoms with van der Waals surface area (Å²) >= 11 is 0. The van der Waals surface area contributed by atoms with Crippen molar-refractivity contribution in [2.45, 2.75) is 57.9 Å². The Morgan fingerprint density at radius 3 is 2.06 bits per heavy atom. The molecule has 2 heteroatoms. The number of hydrogen-bond donors (Lipinski definition) is 1. The molecule has 2 aliphatic carbocycles. The van der Waals surface area contributed by atoms with E-state index in [1.165, 1.54) is 38.5 Å². The molecule has 1 nitrogen and oxygen atoms in total. The van der Waals surface area contributed by atoms with E-state index >= 15 is 0 Å². The van der Waals surface area contributed by atoms with Crippen molar-refractivity contribution in [1.29, 1.82) is 0 Å². The molecule has 0 fully saturated rings. The molecular formula is C15H22ClN. The minimum atomic E-state index is 0. The first-order valence-corrected chi connectivity index (χ1v) is 6.66. The van der Waals surface area contributed by atoms with Crippen molar-refractivity contribution in [2.75, 3.05) is 0 Å². The molecule has 0 spiro atoms. The molecule has 0 heterocycles. The van der Waals surface area contributed by atoms with Crippen LogP contribution < -0.4 is 5.73 Å². The maximum Gasteiger partial charge on any atom is 0.00511 e. The van der Waals surface area contributed by atoms with E-state index in [2.05, 4.69) is 13.0 Å². The van der Waals surface area contributed by atoms with Gasteiger partial charge in [-0.1, -0.05) is 6.07 Å². The highest BCUT2D eigenvalue weighted by Gasteiger charge is 2.23. The molecule has 1 atom stereocenters. The van der Waals surface area contributed by atoms with Gasteiger partial charge in [0.05, 0.1) is 0 Å². The van der Waals surface area contributed by atoms with Gasteiger partial charge >= 0.3 is 0 Å². The van der Waals surface area contributed by atoms with Crippen LogP contribution in [0.4, 0.5) is 0 Å². The van der Waals surface area contributed by atoms with E-state index in [0.29, 0.717) is 6.04 Å². The van der Waals surface area contributed by atoms with Gasteiger partial charge in [-0.3, -0.25) is 0 Å². The lowest BCUT2D eigenvalue weighted by Gasteiger charge is -2.16. The standard InChI is InChI=1S/C15H21N.ClH/c1-10(16)8-15-13-6-2-4-11(13)9-12-5-3-7-14(12)15;/h9-10H,2-8,16H2,1H3;1H. The summed E-state index contributed by atoms with van der Waals surface area (Å²) in [5.41, 5.74) is 14.2. The third-order valence-electron chi connectivity index (χ3n) is 4.12. The van der Waals surface area contributed by atoms with Crippen LogP contribution in [0.2, 0.25) is 0 Å². The molecule has 0 saturated carbocycles. The van der Waals surface area contributed by atoms with E-state index in [9.17, 15) is 0 Å². The summed E-state index contributed by atoms with van der Waals surface area (Å²) in [6.07, 6.45) is 8.98. The van der Waals surface area contributed by atoms with Crippen LogP contribution in [-0.4, -0.2) is 6.04 Å². The lowest BCUT2D eigenvalue weighted by atomic mass is 9.90. The second kappa shape index (κ2) is 4.99. The van der Waals surface area contributed by atoms with Gasteiger partial charge in [0.2, 0.25) is 0 Å². The fraction of sp³-hybridized carbons (Fsp3) is 0.600. The third kappa shape index (κ3) is 2.23. The van der Waals surface area contributed by atoms with Gasteiger partial charge < -0.3 is 5.73 Å². The normalized spacial score (nSPS) is 18.5. The smallest absolute Gasteiger partial charge is 0.00511 e. The summed E-state index contributed by atoms with van der Waals surface area (Å²) in [5, 5.41) is 0. The molecule has 94 valence electrons. The van der Waals surface area contributed by atoms with Crippen molar-refractivity contribution >= 4 is 12.4 Å². The monoisotopic (exact) mass is 251 g/mol. The van der Waals surface area contributed by atoms with Crippen LogP contribution >= 0.6 is 12.4 Å². The highest BCUT2D eigenvalue weighted by molar-refractivity contribution is 5.85. The Labute approximate surface area is 110 Å². The number of fused-ring (bicyclic) bond motifs is 2. The highest BCUT2D eigenvalue weighted by atomic mass is 35.5. The number of benzene rings is 1. The van der Waals surface area contributed by atoms with Gasteiger partial charge in [-0.15, -0.1) is 12.4 Å². The summed E-state index contributed by atoms with van der Waals surface area (Å²) in [6, 6.07) is 2.80. The Hall–Kier alpha value is -0.530. The Morgan fingerprint density at radius 1 is 1.06 bits per heavy atom. The van der Waals surface area contributed by atoms with E-state index in [1.807, 2.05) is 0 Å². The van der Waals surface area contributed by atoms with Crippen LogP contribution in [-0.2, 0) is 32.1 Å². The van der Waals surface area contributed by atoms with E-state index in [-0.39, 0.29) is 12.4 Å². The lowest BCUT2D eigenvalue weighted by Crippen LogP contribution is -2.20. The van der Waals surface area contributed by atoms with E-state index in [4.69, 9.17) is 5.73 Å². The van der Waals surface area contributed by atoms with Crippen LogP contribution in [0.3, 0.4) is 0 Å². The zero-order chi connectivity index (χ0) is 11.1. The number of aryl methyl sites for hydroxylation is 2. The average Bonchev–Trinajstić information content (AvgIpc) is 2.83. The summed E-state index contributed by atoms with van der Waals surface area (Å²) in [6.45, 7) is 2.13. The van der Waals surface area contributed by atoms with Gasteiger partial charge in [0.15, 0.2) is 0 Å². The van der Waals surface area contributed by atoms with Gasteiger partial charge in [-0.25, -0.2) is 0 Å². The van der Waals surface area contributed by atoms with Gasteiger partial charge in [0, 0.05) is 6.04 Å². The fourth-order valence-corrected chi connectivity index (χ4v) is 3.50. The first-order valence-electron chi connectivity index (χ1n) is 6.66. The molecule has 0 saturated heterocycles. The topological polar surface area (TPSA) is 26.0 Å². The molecule has 0 radical (unpaired) electrons. The summed E-state index contributed by atoms with van der Waals surface area (Å²) in [7, 11) is 0. The van der Waals surface area contributed by atoms with Crippen LogP contribution in [0.25, 0.3) is 0 Å². The van der Waals surface area contributed by atoms with E-state index in [0.717, 1.165) is 6.42 Å². The van der Waals surface area contributed by atoms with Gasteiger partial charge in [0.25, 0.3) is 0 Å². The van der Waals surface area contributed by atoms with Gasteiger partial charge in [-0.2, -0.15) is 0 Å². The molecule has 17 heavy (non-hydrogen) atoms. The third-order valence-corrected chi connectivity index (χ3v) is 4.12. The zero-order valence-corrected chi connectivity index (χ0v) is 11.4. The predicted octanol–water partition coefficient (Wildman–Crippen LogP) is 2.98. The van der Waals surface area contributed by atoms with Crippen LogP contribution in [0.5, 0.6) is 0 Å². The Morgan fingerprint density at radius 2 is 1.59 bits per heavy atom. The lowest BCUT2D eigenvalue weighted by molar-refractivity contribution is 0.725. The minimum Gasteiger partial charge on any atom is -0.328 e. The Balaban J connectivity index is 0.00000108. The molecule has 1 unspecified atom stereocenters. The molecule has 0 bridgehead atoms. The van der Waals surface area contributed by atoms with Crippen molar-refractivity contribution in [3.05, 3.63) is 33.9 Å². The maximum atomic E-state index is 6.01. The van der Waals surface area contributed by atoms with Crippen molar-refractivity contribution in [1.82, 2.24) is 0 Å². The summed E-state index contributed by atoms with van der Waals surface area (Å²) in [5.74, 6) is 0. The van der Waals surface area contributed by atoms with Gasteiger partial charge in [-0.05, 0) is 79.7 Å². The first kappa shape index (κ1) is 12.9. The molecule has 0 amide bonds. The van der Waals surface area contributed by atoms with Gasteiger partial charge in [0.1, 0.15) is 0 Å². The molecule has 2 N–H and O–H groups in total. The van der Waals surface area contributed by atoms with Crippen molar-refractivity contribution < 1.29 is 0 Å². The molecule has 3 rings (SSSR count). The van der Waals surface area contributed by atoms with E-state index < -0.39 is 0 Å². The first-order chi connectivity index (χ1) is 7.75. The fourth-order valence-electron chi connectivity index (χ4n) is 3.50. The SMILES string of the molecule is CC(N)Cc1c2c(cc3c1CCC3)CCC2.Cl. The number of halogens is 1. The van der Waals surface area contributed by atoms with Crippen LogP contribution in [0.1, 0.15) is 47.6 Å². The maximum absolute atomic E-state index is 6.01. The number of rotatable bonds is 2. The number of nitrogens with two attached hydrogens (primary N) is 1. The highest BCUT2D eigenvalue weighted by Crippen LogP contribution is 2.35. The predicted molar refractivity (Wildman–Crippen MR) is 75.1 cm³/mol. The van der Waals surface area contributed by atoms with Crippen LogP contribution in [0, 0.1) is 0 Å². The molecular weight excluding hydrogens is 230 g/mol. The van der Waals surface area contributed by atoms with Crippen molar-refractivity contribution in [2.24, 2.45) is 5.73 Å². The Bertz CT molecular complexity index is 391. The average molecular weight is 252 g/mol. The van der Waals surface area contributed by atoms with Crippen molar-refractivity contribution in [3.63, 3.8) is 0 Å². The molecule has 2 aliphatic rings. The Kier molecular flexibility index (Phi) is 3.79. The molecule has 0 aliphatic heterocycles. The quantitative estimate of drug-likeness (QED) is 0.859. The number of hydrogen-bond acceptors (Lipinski definition) is 1. The largest absolute Gasteiger partial charge is 0.328 e. The molecule has 0 aromatic heterocycles. The molecule has 1 aromatic carbocycles. The zero-order valence-electron chi connectivity index (χ0n) is 10.6. The second-order valence-corrected chi connectivity index (χ2v) is 5.52. The van der Waals surface area contributed by atoms with Crippen molar-refractivity contribution in [3.8, 4) is 0 Å².